The predicted octanol–water partition coefficient (Wildman–Crippen LogP) is 4.65. The summed E-state index contributed by atoms with van der Waals surface area (Å²) in [6.07, 6.45) is 0. The highest BCUT2D eigenvalue weighted by atomic mass is 35.5. The summed E-state index contributed by atoms with van der Waals surface area (Å²) in [6, 6.07) is 12.2. The monoisotopic (exact) mass is 449 g/mol. The van der Waals surface area contributed by atoms with Crippen molar-refractivity contribution >= 4 is 44.6 Å². The molecule has 6 nitrogen and oxygen atoms in total. The van der Waals surface area contributed by atoms with Gasteiger partial charge in [0.25, 0.3) is 15.9 Å². The smallest absolute Gasteiger partial charge is 0.261 e. The number of carbonyl (C=O) groups excluding carboxylic acids is 1. The van der Waals surface area contributed by atoms with Crippen LogP contribution in [0.15, 0.2) is 58.8 Å². The third-order valence-electron chi connectivity index (χ3n) is 4.03. The third kappa shape index (κ3) is 5.35. The van der Waals surface area contributed by atoms with Gasteiger partial charge in [-0.05, 0) is 36.4 Å². The molecule has 0 aliphatic heterocycles. The highest BCUT2D eigenvalue weighted by molar-refractivity contribution is 7.92. The number of rotatable bonds is 7. The molecule has 0 saturated heterocycles. The standard InChI is InChI=1S/C20H20ClN3O3S2/c1-13(2)20-23-15(12-28-20)11-22-19(25)17-5-3-4-6-18(17)24-29(26,27)16-9-7-14(21)8-10-16/h3-10,12-13,24H,11H2,1-2H3,(H,22,25). The van der Waals surface area contributed by atoms with Crippen molar-refractivity contribution in [1.29, 1.82) is 0 Å². The van der Waals surface area contributed by atoms with Crippen LogP contribution in [0.1, 0.15) is 40.8 Å². The summed E-state index contributed by atoms with van der Waals surface area (Å²) in [5, 5.41) is 6.14. The third-order valence-corrected chi connectivity index (χ3v) is 6.86. The zero-order chi connectivity index (χ0) is 21.0. The number of carbonyl (C=O) groups is 1. The van der Waals surface area contributed by atoms with Crippen molar-refractivity contribution in [1.82, 2.24) is 10.3 Å². The van der Waals surface area contributed by atoms with E-state index in [2.05, 4.69) is 28.9 Å². The Hall–Kier alpha value is -2.42. The van der Waals surface area contributed by atoms with E-state index in [0.717, 1.165) is 10.7 Å². The topological polar surface area (TPSA) is 88.2 Å². The number of amides is 1. The first kappa shape index (κ1) is 21.3. The SMILES string of the molecule is CC(C)c1nc(CNC(=O)c2ccccc2NS(=O)(=O)c2ccc(Cl)cc2)cs1. The van der Waals surface area contributed by atoms with Gasteiger partial charge in [-0.2, -0.15) is 0 Å². The lowest BCUT2D eigenvalue weighted by Gasteiger charge is -2.12. The van der Waals surface area contributed by atoms with Gasteiger partial charge < -0.3 is 5.32 Å². The van der Waals surface area contributed by atoms with Gasteiger partial charge in [-0.3, -0.25) is 9.52 Å². The molecule has 1 amide bonds. The average Bonchev–Trinajstić information content (AvgIpc) is 3.16. The van der Waals surface area contributed by atoms with Crippen LogP contribution >= 0.6 is 22.9 Å². The number of benzene rings is 2. The van der Waals surface area contributed by atoms with E-state index in [9.17, 15) is 13.2 Å². The van der Waals surface area contributed by atoms with Crippen LogP contribution in [0.3, 0.4) is 0 Å². The number of halogens is 1. The maximum Gasteiger partial charge on any atom is 0.261 e. The minimum absolute atomic E-state index is 0.0563. The second-order valence-electron chi connectivity index (χ2n) is 6.62. The number of aromatic nitrogens is 1. The highest BCUT2D eigenvalue weighted by Crippen LogP contribution is 2.22. The highest BCUT2D eigenvalue weighted by Gasteiger charge is 2.19. The van der Waals surface area contributed by atoms with Gasteiger partial charge in [0, 0.05) is 16.3 Å². The molecule has 2 aromatic carbocycles. The van der Waals surface area contributed by atoms with E-state index in [-0.39, 0.29) is 22.7 Å². The molecule has 0 aliphatic rings. The van der Waals surface area contributed by atoms with Gasteiger partial charge in [0.15, 0.2) is 0 Å². The van der Waals surface area contributed by atoms with Gasteiger partial charge in [-0.1, -0.05) is 37.6 Å². The number of sulfonamides is 1. The number of anilines is 1. The predicted molar refractivity (Wildman–Crippen MR) is 116 cm³/mol. The first-order chi connectivity index (χ1) is 13.8. The molecule has 0 atom stereocenters. The van der Waals surface area contributed by atoms with Crippen LogP contribution in [-0.2, 0) is 16.6 Å². The number of para-hydroxylation sites is 1. The fourth-order valence-electron chi connectivity index (χ4n) is 2.52. The van der Waals surface area contributed by atoms with E-state index in [1.54, 1.807) is 35.6 Å². The van der Waals surface area contributed by atoms with Crippen molar-refractivity contribution in [3.05, 3.63) is 75.2 Å². The van der Waals surface area contributed by atoms with Gasteiger partial charge in [-0.15, -0.1) is 11.3 Å². The molecule has 0 aliphatic carbocycles. The molecule has 0 saturated carbocycles. The molecule has 29 heavy (non-hydrogen) atoms. The summed E-state index contributed by atoms with van der Waals surface area (Å²) in [5.74, 6) is -0.0639. The van der Waals surface area contributed by atoms with Crippen LogP contribution in [0.4, 0.5) is 5.69 Å². The maximum absolute atomic E-state index is 12.7. The van der Waals surface area contributed by atoms with Gasteiger partial charge >= 0.3 is 0 Å². The molecule has 0 unspecified atom stereocenters. The molecular weight excluding hydrogens is 430 g/mol. The van der Waals surface area contributed by atoms with E-state index in [0.29, 0.717) is 10.9 Å². The normalized spacial score (nSPS) is 11.4. The largest absolute Gasteiger partial charge is 0.346 e. The minimum Gasteiger partial charge on any atom is -0.346 e. The van der Waals surface area contributed by atoms with Crippen molar-refractivity contribution in [3.8, 4) is 0 Å². The molecule has 152 valence electrons. The van der Waals surface area contributed by atoms with Crippen molar-refractivity contribution in [2.45, 2.75) is 31.2 Å². The Morgan fingerprint density at radius 1 is 1.14 bits per heavy atom. The lowest BCUT2D eigenvalue weighted by Crippen LogP contribution is -2.25. The van der Waals surface area contributed by atoms with Crippen LogP contribution < -0.4 is 10.0 Å². The average molecular weight is 450 g/mol. The lowest BCUT2D eigenvalue weighted by atomic mass is 10.1. The fraction of sp³-hybridized carbons (Fsp3) is 0.200. The second-order valence-corrected chi connectivity index (χ2v) is 9.63. The lowest BCUT2D eigenvalue weighted by molar-refractivity contribution is 0.0951. The van der Waals surface area contributed by atoms with Crippen LogP contribution in [0.2, 0.25) is 5.02 Å². The Morgan fingerprint density at radius 2 is 1.83 bits per heavy atom. The molecule has 0 radical (unpaired) electrons. The molecule has 0 fully saturated rings. The zero-order valence-electron chi connectivity index (χ0n) is 15.8. The molecule has 2 N–H and O–H groups in total. The number of hydrogen-bond donors (Lipinski definition) is 2. The molecule has 0 bridgehead atoms. The first-order valence-corrected chi connectivity index (χ1v) is 11.6. The molecule has 9 heteroatoms. The summed E-state index contributed by atoms with van der Waals surface area (Å²) in [5.41, 5.74) is 1.19. The quantitative estimate of drug-likeness (QED) is 0.549. The van der Waals surface area contributed by atoms with Gasteiger partial charge in [0.1, 0.15) is 0 Å². The summed E-state index contributed by atoms with van der Waals surface area (Å²) >= 11 is 7.37. The minimum atomic E-state index is -3.86. The van der Waals surface area contributed by atoms with Crippen LogP contribution in [-0.4, -0.2) is 19.3 Å². The van der Waals surface area contributed by atoms with E-state index < -0.39 is 15.9 Å². The van der Waals surface area contributed by atoms with Crippen LogP contribution in [0.5, 0.6) is 0 Å². The van der Waals surface area contributed by atoms with E-state index >= 15 is 0 Å². The van der Waals surface area contributed by atoms with Crippen LogP contribution in [0.25, 0.3) is 0 Å². The zero-order valence-corrected chi connectivity index (χ0v) is 18.2. The number of thiazole rings is 1. The number of hydrogen-bond acceptors (Lipinski definition) is 5. The second kappa shape index (κ2) is 8.94. The van der Waals surface area contributed by atoms with Crippen LogP contribution in [0, 0.1) is 0 Å². The Balaban J connectivity index is 1.75. The maximum atomic E-state index is 12.7. The summed E-state index contributed by atoms with van der Waals surface area (Å²) in [4.78, 5) is 17.2. The Morgan fingerprint density at radius 3 is 2.48 bits per heavy atom. The Labute approximate surface area is 179 Å². The summed E-state index contributed by atoms with van der Waals surface area (Å²) in [7, 11) is -3.86. The van der Waals surface area contributed by atoms with Crippen molar-refractivity contribution < 1.29 is 13.2 Å². The van der Waals surface area contributed by atoms with Gasteiger partial charge in [-0.25, -0.2) is 13.4 Å². The molecule has 3 rings (SSSR count). The van der Waals surface area contributed by atoms with Crippen molar-refractivity contribution in [2.75, 3.05) is 4.72 Å². The molecule has 0 spiro atoms. The van der Waals surface area contributed by atoms with Gasteiger partial charge in [0.05, 0.1) is 33.4 Å². The van der Waals surface area contributed by atoms with Crippen molar-refractivity contribution in [2.24, 2.45) is 0 Å². The number of nitrogens with zero attached hydrogens (tertiary/aromatic N) is 1. The van der Waals surface area contributed by atoms with Gasteiger partial charge in [0.2, 0.25) is 0 Å². The number of nitrogens with one attached hydrogen (secondary N) is 2. The molecule has 1 aromatic heterocycles. The summed E-state index contributed by atoms with van der Waals surface area (Å²) < 4.78 is 27.8. The molecule has 3 aromatic rings. The van der Waals surface area contributed by atoms with E-state index in [4.69, 9.17) is 11.6 Å². The van der Waals surface area contributed by atoms with Crippen molar-refractivity contribution in [3.63, 3.8) is 0 Å². The van der Waals surface area contributed by atoms with E-state index in [1.807, 2.05) is 5.38 Å². The molecule has 1 heterocycles. The Kier molecular flexibility index (Phi) is 6.56. The Bertz CT molecular complexity index is 1110. The van der Waals surface area contributed by atoms with E-state index in [1.165, 1.54) is 24.3 Å². The molecular formula is C20H20ClN3O3S2. The fourth-order valence-corrected chi connectivity index (χ4v) is 4.56. The summed E-state index contributed by atoms with van der Waals surface area (Å²) in [6.45, 7) is 4.38. The first-order valence-electron chi connectivity index (χ1n) is 8.86.